The molecule has 1 unspecified atom stereocenters. The average Bonchev–Trinajstić information content (AvgIpc) is 2.02. The predicted octanol–water partition coefficient (Wildman–Crippen LogP) is 1.85. The Kier molecular flexibility index (Phi) is 5.27. The van der Waals surface area contributed by atoms with Crippen molar-refractivity contribution in [1.82, 2.24) is 0 Å². The molecule has 0 aromatic carbocycles. The molecular formula is C11H24O3S. The van der Waals surface area contributed by atoms with Gasteiger partial charge in [0.2, 0.25) is 0 Å². The monoisotopic (exact) mass is 236 g/mol. The summed E-state index contributed by atoms with van der Waals surface area (Å²) in [6, 6.07) is 0. The van der Waals surface area contributed by atoms with Crippen molar-refractivity contribution < 1.29 is 13.5 Å². The zero-order valence-electron chi connectivity index (χ0n) is 10.4. The van der Waals surface area contributed by atoms with Crippen LogP contribution >= 0.6 is 0 Å². The lowest BCUT2D eigenvalue weighted by Crippen LogP contribution is -2.28. The molecule has 0 radical (unpaired) electrons. The molecule has 0 amide bonds. The Balaban J connectivity index is 4.38. The van der Waals surface area contributed by atoms with Crippen molar-refractivity contribution in [2.75, 3.05) is 12.4 Å². The highest BCUT2D eigenvalue weighted by molar-refractivity contribution is 7.91. The third-order valence-electron chi connectivity index (χ3n) is 2.91. The lowest BCUT2D eigenvalue weighted by molar-refractivity contribution is 0.128. The molecule has 1 N–H and O–H groups in total. The molecule has 0 aromatic rings. The van der Waals surface area contributed by atoms with Crippen molar-refractivity contribution in [3.63, 3.8) is 0 Å². The first kappa shape index (κ1) is 14.9. The van der Waals surface area contributed by atoms with Gasteiger partial charge < -0.3 is 5.11 Å². The number of rotatable bonds is 5. The van der Waals surface area contributed by atoms with E-state index in [-0.39, 0.29) is 28.9 Å². The van der Waals surface area contributed by atoms with Crippen LogP contribution in [-0.2, 0) is 9.84 Å². The third kappa shape index (κ3) is 4.98. The summed E-state index contributed by atoms with van der Waals surface area (Å²) in [5, 5.41) is 8.88. The van der Waals surface area contributed by atoms with Crippen LogP contribution in [0.2, 0.25) is 0 Å². The van der Waals surface area contributed by atoms with E-state index in [1.54, 1.807) is 13.8 Å². The van der Waals surface area contributed by atoms with Gasteiger partial charge in [-0.2, -0.15) is 0 Å². The molecule has 0 rings (SSSR count). The predicted molar refractivity (Wildman–Crippen MR) is 63.6 cm³/mol. The van der Waals surface area contributed by atoms with Crippen molar-refractivity contribution in [3.8, 4) is 0 Å². The van der Waals surface area contributed by atoms with E-state index in [0.717, 1.165) is 0 Å². The second-order valence-electron chi connectivity index (χ2n) is 5.45. The highest BCUT2D eigenvalue weighted by Crippen LogP contribution is 2.28. The Labute approximate surface area is 93.8 Å². The standard InChI is InChI=1S/C11H24O3S/c1-9(2)15(13,14)7-6-10(8-12)11(3,4)5/h9-10,12H,6-8H2,1-5H3. The van der Waals surface area contributed by atoms with Gasteiger partial charge in [0.15, 0.2) is 9.84 Å². The van der Waals surface area contributed by atoms with Crippen LogP contribution in [0.3, 0.4) is 0 Å². The smallest absolute Gasteiger partial charge is 0.152 e. The molecule has 92 valence electrons. The van der Waals surface area contributed by atoms with Crippen molar-refractivity contribution in [2.24, 2.45) is 11.3 Å². The molecule has 0 saturated heterocycles. The minimum absolute atomic E-state index is 0.0404. The first-order chi connectivity index (χ1) is 6.61. The molecule has 1 atom stereocenters. The maximum absolute atomic E-state index is 11.6. The van der Waals surface area contributed by atoms with Crippen molar-refractivity contribution >= 4 is 9.84 Å². The first-order valence-corrected chi connectivity index (χ1v) is 7.15. The van der Waals surface area contributed by atoms with Gasteiger partial charge in [0.25, 0.3) is 0 Å². The number of aliphatic hydroxyl groups is 1. The fourth-order valence-electron chi connectivity index (χ4n) is 1.34. The molecule has 0 saturated carbocycles. The van der Waals surface area contributed by atoms with E-state index in [9.17, 15) is 13.5 Å². The Morgan fingerprint density at radius 1 is 1.20 bits per heavy atom. The summed E-state index contributed by atoms with van der Waals surface area (Å²) in [5.74, 6) is 0.221. The summed E-state index contributed by atoms with van der Waals surface area (Å²) in [6.07, 6.45) is 0.542. The SMILES string of the molecule is CC(C)S(=O)(=O)CCC(CO)C(C)(C)C. The Morgan fingerprint density at radius 3 is 1.93 bits per heavy atom. The van der Waals surface area contributed by atoms with Gasteiger partial charge in [0, 0.05) is 6.61 Å². The highest BCUT2D eigenvalue weighted by Gasteiger charge is 2.26. The number of hydrogen-bond acceptors (Lipinski definition) is 3. The molecule has 0 aliphatic rings. The maximum Gasteiger partial charge on any atom is 0.152 e. The van der Waals surface area contributed by atoms with Gasteiger partial charge in [-0.05, 0) is 31.6 Å². The maximum atomic E-state index is 11.6. The van der Waals surface area contributed by atoms with Gasteiger partial charge in [-0.1, -0.05) is 20.8 Å². The molecule has 0 aromatic heterocycles. The minimum Gasteiger partial charge on any atom is -0.396 e. The molecule has 4 heteroatoms. The van der Waals surface area contributed by atoms with E-state index < -0.39 is 9.84 Å². The van der Waals surface area contributed by atoms with Crippen LogP contribution in [0.4, 0.5) is 0 Å². The van der Waals surface area contributed by atoms with Gasteiger partial charge in [-0.25, -0.2) is 8.42 Å². The fraction of sp³-hybridized carbons (Fsp3) is 1.00. The van der Waals surface area contributed by atoms with Crippen LogP contribution in [0.25, 0.3) is 0 Å². The third-order valence-corrected chi connectivity index (χ3v) is 5.16. The van der Waals surface area contributed by atoms with Gasteiger partial charge in [-0.15, -0.1) is 0 Å². The fourth-order valence-corrected chi connectivity index (χ4v) is 2.42. The lowest BCUT2D eigenvalue weighted by atomic mass is 9.80. The Hall–Kier alpha value is -0.0900. The molecule has 15 heavy (non-hydrogen) atoms. The minimum atomic E-state index is -2.97. The van der Waals surface area contributed by atoms with Crippen molar-refractivity contribution in [2.45, 2.75) is 46.3 Å². The summed E-state index contributed by atoms with van der Waals surface area (Å²) in [6.45, 7) is 9.51. The molecule has 0 heterocycles. The van der Waals surface area contributed by atoms with Gasteiger partial charge >= 0.3 is 0 Å². The quantitative estimate of drug-likeness (QED) is 0.792. The van der Waals surface area contributed by atoms with Gasteiger partial charge in [0.1, 0.15) is 0 Å². The Morgan fingerprint density at radius 2 is 1.67 bits per heavy atom. The second kappa shape index (κ2) is 5.30. The topological polar surface area (TPSA) is 54.4 Å². The summed E-state index contributed by atoms with van der Waals surface area (Å²) in [5.41, 5.74) is -0.0404. The van der Waals surface area contributed by atoms with Gasteiger partial charge in [-0.3, -0.25) is 0 Å². The molecule has 0 fully saturated rings. The summed E-state index contributed by atoms with van der Waals surface area (Å²) < 4.78 is 23.2. The summed E-state index contributed by atoms with van der Waals surface area (Å²) >= 11 is 0. The van der Waals surface area contributed by atoms with Crippen LogP contribution < -0.4 is 0 Å². The molecule has 0 aliphatic carbocycles. The largest absolute Gasteiger partial charge is 0.396 e. The van der Waals surface area contributed by atoms with Crippen LogP contribution in [0.1, 0.15) is 41.0 Å². The zero-order chi connectivity index (χ0) is 12.3. The van der Waals surface area contributed by atoms with E-state index in [2.05, 4.69) is 0 Å². The van der Waals surface area contributed by atoms with E-state index in [1.165, 1.54) is 0 Å². The summed E-state index contributed by atoms with van der Waals surface area (Å²) in [7, 11) is -2.97. The average molecular weight is 236 g/mol. The zero-order valence-corrected chi connectivity index (χ0v) is 11.3. The van der Waals surface area contributed by atoms with E-state index >= 15 is 0 Å². The number of hydrogen-bond donors (Lipinski definition) is 1. The van der Waals surface area contributed by atoms with Crippen LogP contribution in [-0.4, -0.2) is 31.1 Å². The van der Waals surface area contributed by atoms with E-state index in [1.807, 2.05) is 20.8 Å². The lowest BCUT2D eigenvalue weighted by Gasteiger charge is -2.29. The highest BCUT2D eigenvalue weighted by atomic mass is 32.2. The van der Waals surface area contributed by atoms with Crippen molar-refractivity contribution in [1.29, 1.82) is 0 Å². The molecule has 3 nitrogen and oxygen atoms in total. The molecule has 0 aliphatic heterocycles. The Bertz CT molecular complexity index is 273. The van der Waals surface area contributed by atoms with E-state index in [4.69, 9.17) is 0 Å². The van der Waals surface area contributed by atoms with Crippen LogP contribution in [0.15, 0.2) is 0 Å². The number of sulfone groups is 1. The van der Waals surface area contributed by atoms with Gasteiger partial charge in [0.05, 0.1) is 11.0 Å². The van der Waals surface area contributed by atoms with Crippen LogP contribution in [0.5, 0.6) is 0 Å². The molecular weight excluding hydrogens is 212 g/mol. The van der Waals surface area contributed by atoms with Crippen LogP contribution in [0, 0.1) is 11.3 Å². The molecule has 0 bridgehead atoms. The molecule has 0 spiro atoms. The first-order valence-electron chi connectivity index (χ1n) is 5.43. The van der Waals surface area contributed by atoms with Crippen molar-refractivity contribution in [3.05, 3.63) is 0 Å². The summed E-state index contributed by atoms with van der Waals surface area (Å²) in [4.78, 5) is 0. The second-order valence-corrected chi connectivity index (χ2v) is 8.13. The van der Waals surface area contributed by atoms with E-state index in [0.29, 0.717) is 6.42 Å². The normalized spacial score (nSPS) is 15.7. The number of aliphatic hydroxyl groups excluding tert-OH is 1.